The highest BCUT2D eigenvalue weighted by Crippen LogP contribution is 2.29. The molecular weight excluding hydrogens is 301 g/mol. The molecule has 2 aromatic rings. The van der Waals surface area contributed by atoms with Gasteiger partial charge in [-0.05, 0) is 24.6 Å². The van der Waals surface area contributed by atoms with E-state index in [1.807, 2.05) is 0 Å². The van der Waals surface area contributed by atoms with Crippen molar-refractivity contribution in [2.45, 2.75) is 19.6 Å². The Bertz CT molecular complexity index is 634. The van der Waals surface area contributed by atoms with Gasteiger partial charge in [0.25, 0.3) is 5.91 Å². The first-order valence-corrected chi connectivity index (χ1v) is 6.99. The Morgan fingerprint density at radius 1 is 1.29 bits per heavy atom. The van der Waals surface area contributed by atoms with Crippen LogP contribution in [0.5, 0.6) is 0 Å². The number of nitrogens with zero attached hydrogens (tertiary/aromatic N) is 2. The molecule has 0 radical (unpaired) electrons. The summed E-state index contributed by atoms with van der Waals surface area (Å²) in [7, 11) is 1.59. The standard InChI is InChI=1S/C14H13F3N2OS/c1-9-18-12(8-21-9)13(20)19(2)7-10-3-5-11(6-4-10)14(15,16)17/h3-6,8H,7H2,1-2H3. The lowest BCUT2D eigenvalue weighted by atomic mass is 10.1. The van der Waals surface area contributed by atoms with Crippen molar-refractivity contribution in [2.24, 2.45) is 0 Å². The van der Waals surface area contributed by atoms with Crippen LogP contribution in [0.25, 0.3) is 0 Å². The molecule has 0 saturated heterocycles. The van der Waals surface area contributed by atoms with E-state index in [1.54, 1.807) is 19.4 Å². The zero-order valence-electron chi connectivity index (χ0n) is 11.4. The average molecular weight is 314 g/mol. The van der Waals surface area contributed by atoms with E-state index in [0.717, 1.165) is 17.1 Å². The van der Waals surface area contributed by atoms with Crippen LogP contribution in [0.3, 0.4) is 0 Å². The van der Waals surface area contributed by atoms with Crippen molar-refractivity contribution in [2.75, 3.05) is 7.05 Å². The fourth-order valence-corrected chi connectivity index (χ4v) is 2.39. The molecule has 7 heteroatoms. The molecular formula is C14H13F3N2OS. The SMILES string of the molecule is Cc1nc(C(=O)N(C)Cc2ccc(C(F)(F)F)cc2)cs1. The zero-order valence-corrected chi connectivity index (χ0v) is 12.3. The van der Waals surface area contributed by atoms with Gasteiger partial charge in [0.15, 0.2) is 0 Å². The average Bonchev–Trinajstić information content (AvgIpc) is 2.84. The Labute approximate surface area is 124 Å². The van der Waals surface area contributed by atoms with Crippen LogP contribution in [0.15, 0.2) is 29.6 Å². The molecule has 3 nitrogen and oxygen atoms in total. The number of aromatic nitrogens is 1. The number of thiazole rings is 1. The number of hydrogen-bond donors (Lipinski definition) is 0. The van der Waals surface area contributed by atoms with Crippen LogP contribution in [-0.4, -0.2) is 22.8 Å². The largest absolute Gasteiger partial charge is 0.416 e. The van der Waals surface area contributed by atoms with E-state index in [4.69, 9.17) is 0 Å². The number of carbonyl (C=O) groups excluding carboxylic acids is 1. The Hall–Kier alpha value is -1.89. The van der Waals surface area contributed by atoms with Crippen molar-refractivity contribution in [1.29, 1.82) is 0 Å². The minimum Gasteiger partial charge on any atom is -0.336 e. The maximum absolute atomic E-state index is 12.5. The van der Waals surface area contributed by atoms with Crippen molar-refractivity contribution in [3.8, 4) is 0 Å². The first-order chi connectivity index (χ1) is 9.77. The van der Waals surface area contributed by atoms with Crippen LogP contribution in [0.4, 0.5) is 13.2 Å². The van der Waals surface area contributed by atoms with E-state index in [0.29, 0.717) is 11.3 Å². The molecule has 0 atom stereocenters. The molecule has 0 aliphatic carbocycles. The Balaban J connectivity index is 2.06. The molecule has 1 amide bonds. The second-order valence-electron chi connectivity index (χ2n) is 4.61. The molecule has 0 bridgehead atoms. The van der Waals surface area contributed by atoms with Crippen LogP contribution < -0.4 is 0 Å². The molecule has 112 valence electrons. The summed E-state index contributed by atoms with van der Waals surface area (Å²) in [5, 5.41) is 2.46. The van der Waals surface area contributed by atoms with Crippen molar-refractivity contribution >= 4 is 17.2 Å². The van der Waals surface area contributed by atoms with Gasteiger partial charge in [0.1, 0.15) is 5.69 Å². The number of alkyl halides is 3. The quantitative estimate of drug-likeness (QED) is 0.864. The maximum Gasteiger partial charge on any atom is 0.416 e. The second kappa shape index (κ2) is 5.85. The summed E-state index contributed by atoms with van der Waals surface area (Å²) in [6, 6.07) is 4.78. The number of halogens is 3. The lowest BCUT2D eigenvalue weighted by Gasteiger charge is -2.16. The maximum atomic E-state index is 12.5. The summed E-state index contributed by atoms with van der Waals surface area (Å²) >= 11 is 1.38. The molecule has 0 N–H and O–H groups in total. The van der Waals surface area contributed by atoms with E-state index in [1.165, 1.54) is 28.4 Å². The van der Waals surface area contributed by atoms with Crippen molar-refractivity contribution in [3.63, 3.8) is 0 Å². The number of hydrogen-bond acceptors (Lipinski definition) is 3. The van der Waals surface area contributed by atoms with Gasteiger partial charge < -0.3 is 4.90 Å². The predicted molar refractivity (Wildman–Crippen MR) is 74.1 cm³/mol. The number of benzene rings is 1. The van der Waals surface area contributed by atoms with Gasteiger partial charge >= 0.3 is 6.18 Å². The lowest BCUT2D eigenvalue weighted by molar-refractivity contribution is -0.137. The van der Waals surface area contributed by atoms with Gasteiger partial charge in [0, 0.05) is 19.0 Å². The lowest BCUT2D eigenvalue weighted by Crippen LogP contribution is -2.26. The fourth-order valence-electron chi connectivity index (χ4n) is 1.80. The van der Waals surface area contributed by atoms with Gasteiger partial charge in [-0.1, -0.05) is 12.1 Å². The number of rotatable bonds is 3. The van der Waals surface area contributed by atoms with Crippen LogP contribution in [0.1, 0.15) is 26.6 Å². The van der Waals surface area contributed by atoms with Crippen LogP contribution >= 0.6 is 11.3 Å². The number of carbonyl (C=O) groups is 1. The van der Waals surface area contributed by atoms with Gasteiger partial charge in [-0.2, -0.15) is 13.2 Å². The monoisotopic (exact) mass is 314 g/mol. The van der Waals surface area contributed by atoms with Gasteiger partial charge in [-0.15, -0.1) is 11.3 Å². The highest BCUT2D eigenvalue weighted by molar-refractivity contribution is 7.09. The van der Waals surface area contributed by atoms with Gasteiger partial charge in [-0.25, -0.2) is 4.98 Å². The molecule has 0 unspecified atom stereocenters. The molecule has 0 saturated carbocycles. The summed E-state index contributed by atoms with van der Waals surface area (Å²) in [5.41, 5.74) is 0.285. The number of aryl methyl sites for hydroxylation is 1. The molecule has 0 spiro atoms. The topological polar surface area (TPSA) is 33.2 Å². The van der Waals surface area contributed by atoms with Crippen molar-refractivity contribution < 1.29 is 18.0 Å². The van der Waals surface area contributed by atoms with E-state index in [9.17, 15) is 18.0 Å². The third kappa shape index (κ3) is 3.81. The first kappa shape index (κ1) is 15.5. The molecule has 0 fully saturated rings. The molecule has 1 aromatic carbocycles. The van der Waals surface area contributed by atoms with E-state index in [-0.39, 0.29) is 12.5 Å². The van der Waals surface area contributed by atoms with E-state index >= 15 is 0 Å². The minimum absolute atomic E-state index is 0.230. The smallest absolute Gasteiger partial charge is 0.336 e. The molecule has 0 aliphatic heterocycles. The van der Waals surface area contributed by atoms with Gasteiger partial charge in [0.05, 0.1) is 10.6 Å². The Morgan fingerprint density at radius 2 is 1.90 bits per heavy atom. The van der Waals surface area contributed by atoms with Crippen LogP contribution in [0.2, 0.25) is 0 Å². The summed E-state index contributed by atoms with van der Waals surface area (Å²) in [6.45, 7) is 2.03. The van der Waals surface area contributed by atoms with E-state index < -0.39 is 11.7 Å². The summed E-state index contributed by atoms with van der Waals surface area (Å²) < 4.78 is 37.4. The minimum atomic E-state index is -4.35. The number of amides is 1. The highest BCUT2D eigenvalue weighted by Gasteiger charge is 2.30. The fraction of sp³-hybridized carbons (Fsp3) is 0.286. The van der Waals surface area contributed by atoms with Crippen LogP contribution in [-0.2, 0) is 12.7 Å². The van der Waals surface area contributed by atoms with Gasteiger partial charge in [-0.3, -0.25) is 4.79 Å². The first-order valence-electron chi connectivity index (χ1n) is 6.11. The Kier molecular flexibility index (Phi) is 4.32. The predicted octanol–water partition coefficient (Wildman–Crippen LogP) is 3.74. The molecule has 1 aromatic heterocycles. The second-order valence-corrected chi connectivity index (χ2v) is 5.67. The van der Waals surface area contributed by atoms with Crippen LogP contribution in [0, 0.1) is 6.92 Å². The summed E-state index contributed by atoms with van der Waals surface area (Å²) in [5.74, 6) is -0.251. The van der Waals surface area contributed by atoms with Gasteiger partial charge in [0.2, 0.25) is 0 Å². The van der Waals surface area contributed by atoms with Crippen molar-refractivity contribution in [3.05, 3.63) is 51.5 Å². The Morgan fingerprint density at radius 3 is 2.38 bits per heavy atom. The zero-order chi connectivity index (χ0) is 15.6. The molecule has 0 aliphatic rings. The highest BCUT2D eigenvalue weighted by atomic mass is 32.1. The molecule has 21 heavy (non-hydrogen) atoms. The third-order valence-corrected chi connectivity index (χ3v) is 3.66. The normalized spacial score (nSPS) is 11.5. The third-order valence-electron chi connectivity index (χ3n) is 2.89. The van der Waals surface area contributed by atoms with Crippen molar-refractivity contribution in [1.82, 2.24) is 9.88 Å². The molecule has 2 rings (SSSR count). The molecule has 1 heterocycles. The summed E-state index contributed by atoms with van der Waals surface area (Å²) in [6.07, 6.45) is -4.35. The summed E-state index contributed by atoms with van der Waals surface area (Å²) in [4.78, 5) is 17.6. The van der Waals surface area contributed by atoms with E-state index in [2.05, 4.69) is 4.98 Å².